The van der Waals surface area contributed by atoms with Crippen molar-refractivity contribution < 1.29 is 13.2 Å². The Kier molecular flexibility index (Phi) is 9.57. The lowest BCUT2D eigenvalue weighted by Gasteiger charge is -2.21. The fourth-order valence-electron chi connectivity index (χ4n) is 1.40. The molecular formula is C11H27N3O3S. The van der Waals surface area contributed by atoms with E-state index in [9.17, 15) is 8.42 Å². The SMILES string of the molecule is CCNCCCN(C)S(=O)(=O)NC(C)COCC. The average molecular weight is 281 g/mol. The Morgan fingerprint density at radius 1 is 1.33 bits per heavy atom. The highest BCUT2D eigenvalue weighted by molar-refractivity contribution is 7.87. The van der Waals surface area contributed by atoms with Gasteiger partial charge in [-0.1, -0.05) is 6.92 Å². The molecule has 0 saturated carbocycles. The van der Waals surface area contributed by atoms with Crippen LogP contribution in [0.1, 0.15) is 27.2 Å². The Balaban J connectivity index is 4.02. The molecule has 110 valence electrons. The first-order valence-electron chi connectivity index (χ1n) is 6.46. The van der Waals surface area contributed by atoms with Crippen LogP contribution in [0.3, 0.4) is 0 Å². The first-order chi connectivity index (χ1) is 8.44. The van der Waals surface area contributed by atoms with Crippen molar-refractivity contribution in [2.45, 2.75) is 33.2 Å². The number of ether oxygens (including phenoxy) is 1. The molecule has 0 heterocycles. The van der Waals surface area contributed by atoms with Gasteiger partial charge in [0.1, 0.15) is 0 Å². The van der Waals surface area contributed by atoms with Crippen LogP contribution in [-0.2, 0) is 14.9 Å². The van der Waals surface area contributed by atoms with Crippen molar-refractivity contribution in [1.82, 2.24) is 14.3 Å². The maximum atomic E-state index is 11.9. The highest BCUT2D eigenvalue weighted by atomic mass is 32.2. The first-order valence-corrected chi connectivity index (χ1v) is 7.90. The van der Waals surface area contributed by atoms with Crippen molar-refractivity contribution in [3.63, 3.8) is 0 Å². The van der Waals surface area contributed by atoms with Crippen molar-refractivity contribution in [2.75, 3.05) is 39.9 Å². The summed E-state index contributed by atoms with van der Waals surface area (Å²) >= 11 is 0. The van der Waals surface area contributed by atoms with Crippen LogP contribution in [0.5, 0.6) is 0 Å². The third-order valence-electron chi connectivity index (χ3n) is 2.41. The highest BCUT2D eigenvalue weighted by Crippen LogP contribution is 1.98. The van der Waals surface area contributed by atoms with E-state index in [1.807, 2.05) is 13.8 Å². The molecule has 0 rings (SSSR count). The molecule has 0 saturated heterocycles. The van der Waals surface area contributed by atoms with Crippen molar-refractivity contribution in [1.29, 1.82) is 0 Å². The van der Waals surface area contributed by atoms with E-state index in [0.29, 0.717) is 19.8 Å². The molecule has 6 nitrogen and oxygen atoms in total. The minimum atomic E-state index is -3.40. The minimum absolute atomic E-state index is 0.217. The van der Waals surface area contributed by atoms with Gasteiger partial charge < -0.3 is 10.1 Å². The van der Waals surface area contributed by atoms with E-state index in [-0.39, 0.29) is 6.04 Å². The summed E-state index contributed by atoms with van der Waals surface area (Å²) in [5, 5.41) is 3.16. The van der Waals surface area contributed by atoms with Gasteiger partial charge in [-0.2, -0.15) is 17.4 Å². The summed E-state index contributed by atoms with van der Waals surface area (Å²) in [6.07, 6.45) is 0.797. The van der Waals surface area contributed by atoms with Crippen LogP contribution in [-0.4, -0.2) is 58.7 Å². The van der Waals surface area contributed by atoms with Crippen molar-refractivity contribution >= 4 is 10.2 Å². The summed E-state index contributed by atoms with van der Waals surface area (Å²) in [5.41, 5.74) is 0. The Labute approximate surface area is 111 Å². The van der Waals surface area contributed by atoms with E-state index in [0.717, 1.165) is 19.5 Å². The van der Waals surface area contributed by atoms with Crippen LogP contribution in [0.4, 0.5) is 0 Å². The molecule has 0 aromatic carbocycles. The molecule has 2 N–H and O–H groups in total. The van der Waals surface area contributed by atoms with E-state index in [4.69, 9.17) is 4.74 Å². The van der Waals surface area contributed by atoms with Gasteiger partial charge in [-0.15, -0.1) is 0 Å². The number of nitrogens with zero attached hydrogens (tertiary/aromatic N) is 1. The van der Waals surface area contributed by atoms with Crippen LogP contribution in [0.25, 0.3) is 0 Å². The largest absolute Gasteiger partial charge is 0.380 e. The Hall–Kier alpha value is -0.210. The minimum Gasteiger partial charge on any atom is -0.380 e. The molecule has 0 fully saturated rings. The third-order valence-corrected chi connectivity index (χ3v) is 4.11. The van der Waals surface area contributed by atoms with E-state index in [1.54, 1.807) is 14.0 Å². The van der Waals surface area contributed by atoms with E-state index < -0.39 is 10.2 Å². The second-order valence-corrected chi connectivity index (χ2v) is 6.02. The van der Waals surface area contributed by atoms with Crippen molar-refractivity contribution in [3.8, 4) is 0 Å². The predicted molar refractivity (Wildman–Crippen MR) is 73.8 cm³/mol. The molecule has 0 aliphatic carbocycles. The first kappa shape index (κ1) is 17.8. The molecule has 0 aromatic heterocycles. The summed E-state index contributed by atoms with van der Waals surface area (Å²) in [5.74, 6) is 0. The lowest BCUT2D eigenvalue weighted by atomic mass is 10.4. The molecule has 0 aliphatic rings. The number of hydrogen-bond donors (Lipinski definition) is 2. The van der Waals surface area contributed by atoms with E-state index in [2.05, 4.69) is 10.0 Å². The van der Waals surface area contributed by atoms with Gasteiger partial charge in [0, 0.05) is 26.2 Å². The summed E-state index contributed by atoms with van der Waals surface area (Å²) in [6.45, 7) is 8.91. The molecule has 0 amide bonds. The van der Waals surface area contributed by atoms with Crippen LogP contribution in [0, 0.1) is 0 Å². The summed E-state index contributed by atoms with van der Waals surface area (Å²) < 4.78 is 32.9. The molecule has 0 aliphatic heterocycles. The lowest BCUT2D eigenvalue weighted by Crippen LogP contribution is -2.44. The van der Waals surface area contributed by atoms with Gasteiger partial charge in [-0.05, 0) is 33.4 Å². The molecule has 0 radical (unpaired) electrons. The maximum absolute atomic E-state index is 11.9. The molecule has 0 bridgehead atoms. The number of nitrogens with one attached hydrogen (secondary N) is 2. The van der Waals surface area contributed by atoms with Gasteiger partial charge in [0.15, 0.2) is 0 Å². The second-order valence-electron chi connectivity index (χ2n) is 4.21. The van der Waals surface area contributed by atoms with Gasteiger partial charge in [0.25, 0.3) is 10.2 Å². The third kappa shape index (κ3) is 7.99. The number of hydrogen-bond acceptors (Lipinski definition) is 4. The smallest absolute Gasteiger partial charge is 0.279 e. The quantitative estimate of drug-likeness (QED) is 0.530. The summed E-state index contributed by atoms with van der Waals surface area (Å²) in [6, 6.07) is -0.217. The maximum Gasteiger partial charge on any atom is 0.279 e. The fraction of sp³-hybridized carbons (Fsp3) is 1.00. The topological polar surface area (TPSA) is 70.7 Å². The zero-order valence-electron chi connectivity index (χ0n) is 11.9. The highest BCUT2D eigenvalue weighted by Gasteiger charge is 2.19. The van der Waals surface area contributed by atoms with Gasteiger partial charge in [-0.3, -0.25) is 0 Å². The molecule has 0 spiro atoms. The molecular weight excluding hydrogens is 254 g/mol. The molecule has 0 aromatic rings. The van der Waals surface area contributed by atoms with Gasteiger partial charge in [-0.25, -0.2) is 0 Å². The summed E-state index contributed by atoms with van der Waals surface area (Å²) in [7, 11) is -1.82. The normalized spacial score (nSPS) is 14.1. The van der Waals surface area contributed by atoms with Crippen LogP contribution < -0.4 is 10.0 Å². The molecule has 18 heavy (non-hydrogen) atoms. The van der Waals surface area contributed by atoms with Gasteiger partial charge in [0.05, 0.1) is 6.61 Å². The monoisotopic (exact) mass is 281 g/mol. The zero-order chi connectivity index (χ0) is 14.0. The van der Waals surface area contributed by atoms with E-state index >= 15 is 0 Å². The molecule has 1 unspecified atom stereocenters. The van der Waals surface area contributed by atoms with Crippen LogP contribution in [0.2, 0.25) is 0 Å². The van der Waals surface area contributed by atoms with Crippen LogP contribution >= 0.6 is 0 Å². The average Bonchev–Trinajstić information content (AvgIpc) is 2.31. The van der Waals surface area contributed by atoms with Crippen molar-refractivity contribution in [3.05, 3.63) is 0 Å². The van der Waals surface area contributed by atoms with Gasteiger partial charge in [0.2, 0.25) is 0 Å². The predicted octanol–water partition coefficient (Wildman–Crippen LogP) is 0.177. The van der Waals surface area contributed by atoms with Crippen molar-refractivity contribution in [2.24, 2.45) is 0 Å². The molecule has 7 heteroatoms. The number of rotatable bonds is 11. The fourth-order valence-corrected chi connectivity index (χ4v) is 2.52. The summed E-state index contributed by atoms with van der Waals surface area (Å²) in [4.78, 5) is 0. The Morgan fingerprint density at radius 2 is 2.00 bits per heavy atom. The van der Waals surface area contributed by atoms with E-state index in [1.165, 1.54) is 4.31 Å². The second kappa shape index (κ2) is 9.69. The zero-order valence-corrected chi connectivity index (χ0v) is 12.7. The Bertz CT molecular complexity index is 296. The van der Waals surface area contributed by atoms with Crippen LogP contribution in [0.15, 0.2) is 0 Å². The molecule has 1 atom stereocenters. The lowest BCUT2D eigenvalue weighted by molar-refractivity contribution is 0.133. The van der Waals surface area contributed by atoms with Gasteiger partial charge >= 0.3 is 0 Å². The standard InChI is InChI=1S/C11H27N3O3S/c1-5-12-8-7-9-14(4)18(15,16)13-11(3)10-17-6-2/h11-13H,5-10H2,1-4H3. The Morgan fingerprint density at radius 3 is 2.56 bits per heavy atom.